The van der Waals surface area contributed by atoms with E-state index < -0.39 is 17.5 Å². The van der Waals surface area contributed by atoms with E-state index in [-0.39, 0.29) is 18.5 Å². The van der Waals surface area contributed by atoms with Gasteiger partial charge in [-0.05, 0) is 25.8 Å². The lowest BCUT2D eigenvalue weighted by Crippen LogP contribution is -2.46. The van der Waals surface area contributed by atoms with Crippen molar-refractivity contribution in [2.24, 2.45) is 0 Å². The number of nitrogens with one attached hydrogen (secondary N) is 1. The van der Waals surface area contributed by atoms with Crippen LogP contribution in [0.4, 0.5) is 4.79 Å². The number of nitrogens with zero attached hydrogens (tertiary/aromatic N) is 2. The van der Waals surface area contributed by atoms with Gasteiger partial charge in [0.05, 0.1) is 0 Å². The number of carbonyl (C=O) groups is 3. The van der Waals surface area contributed by atoms with E-state index in [9.17, 15) is 14.4 Å². The molecule has 0 spiro atoms. The maximum absolute atomic E-state index is 12.9. The summed E-state index contributed by atoms with van der Waals surface area (Å²) in [5, 5.41) is 3.09. The van der Waals surface area contributed by atoms with Crippen molar-refractivity contribution in [2.75, 3.05) is 13.6 Å². The monoisotopic (exact) mass is 377 g/mol. The van der Waals surface area contributed by atoms with Gasteiger partial charge in [0.1, 0.15) is 12.1 Å². The predicted octanol–water partition coefficient (Wildman–Crippen LogP) is 2.90. The minimum atomic E-state index is -1.26. The molecule has 2 fully saturated rings. The molecule has 2 aliphatic rings. The molecule has 1 aliphatic carbocycles. The minimum Gasteiger partial charge on any atom is -0.341 e. The van der Waals surface area contributed by atoms with Crippen LogP contribution in [0, 0.1) is 0 Å². The maximum Gasteiger partial charge on any atom is 0.325 e. The van der Waals surface area contributed by atoms with Crippen LogP contribution in [0.1, 0.15) is 44.6 Å². The molecular formula is C19H24ClN3O3. The molecule has 140 valence electrons. The SMILES string of the molecule is CN(C(=O)CN1C(=O)NC(C)(c2ccccc2Cl)C1=O)C1CCCCC1. The summed E-state index contributed by atoms with van der Waals surface area (Å²) in [6.07, 6.45) is 5.35. The first-order valence-corrected chi connectivity index (χ1v) is 9.37. The van der Waals surface area contributed by atoms with Gasteiger partial charge in [-0.1, -0.05) is 49.1 Å². The van der Waals surface area contributed by atoms with Gasteiger partial charge in [0.2, 0.25) is 5.91 Å². The third-order valence-electron chi connectivity index (χ3n) is 5.50. The molecule has 4 amide bonds. The fourth-order valence-electron chi connectivity index (χ4n) is 3.81. The highest BCUT2D eigenvalue weighted by molar-refractivity contribution is 6.32. The zero-order valence-corrected chi connectivity index (χ0v) is 15.9. The van der Waals surface area contributed by atoms with E-state index in [1.165, 1.54) is 6.42 Å². The number of carbonyl (C=O) groups excluding carboxylic acids is 3. The van der Waals surface area contributed by atoms with Crippen LogP contribution < -0.4 is 5.32 Å². The Kier molecular flexibility index (Phi) is 5.23. The number of rotatable bonds is 4. The first-order valence-electron chi connectivity index (χ1n) is 8.99. The third kappa shape index (κ3) is 3.30. The largest absolute Gasteiger partial charge is 0.341 e. The van der Waals surface area contributed by atoms with Crippen molar-refractivity contribution >= 4 is 29.4 Å². The van der Waals surface area contributed by atoms with Gasteiger partial charge in [-0.15, -0.1) is 0 Å². The Hall–Kier alpha value is -2.08. The van der Waals surface area contributed by atoms with Gasteiger partial charge in [-0.2, -0.15) is 0 Å². The summed E-state index contributed by atoms with van der Waals surface area (Å²) in [7, 11) is 1.75. The Balaban J connectivity index is 1.75. The molecule has 1 N–H and O–H groups in total. The molecule has 7 heteroatoms. The summed E-state index contributed by atoms with van der Waals surface area (Å²) in [6, 6.07) is 6.52. The van der Waals surface area contributed by atoms with E-state index in [4.69, 9.17) is 11.6 Å². The van der Waals surface area contributed by atoms with E-state index >= 15 is 0 Å². The lowest BCUT2D eigenvalue weighted by molar-refractivity contribution is -0.139. The highest BCUT2D eigenvalue weighted by Gasteiger charge is 2.50. The zero-order chi connectivity index (χ0) is 18.9. The normalized spacial score (nSPS) is 23.9. The van der Waals surface area contributed by atoms with Crippen LogP contribution in [0.25, 0.3) is 0 Å². The number of halogens is 1. The predicted molar refractivity (Wildman–Crippen MR) is 98.7 cm³/mol. The van der Waals surface area contributed by atoms with Crippen LogP contribution in [0.5, 0.6) is 0 Å². The van der Waals surface area contributed by atoms with E-state index in [1.54, 1.807) is 43.1 Å². The number of likely N-dealkylation sites (N-methyl/N-ethyl adjacent to an activating group) is 1. The van der Waals surface area contributed by atoms with Crippen molar-refractivity contribution in [1.82, 2.24) is 15.1 Å². The Morgan fingerprint density at radius 3 is 2.58 bits per heavy atom. The second-order valence-corrected chi connectivity index (χ2v) is 7.63. The highest BCUT2D eigenvalue weighted by Crippen LogP contribution is 2.33. The van der Waals surface area contributed by atoms with Crippen molar-refractivity contribution < 1.29 is 14.4 Å². The molecule has 6 nitrogen and oxygen atoms in total. The van der Waals surface area contributed by atoms with E-state index in [0.29, 0.717) is 10.6 Å². The molecule has 3 rings (SSSR count). The van der Waals surface area contributed by atoms with Gasteiger partial charge in [0.15, 0.2) is 0 Å². The summed E-state index contributed by atoms with van der Waals surface area (Å²) in [5.41, 5.74) is -0.741. The molecule has 1 saturated carbocycles. The molecule has 1 saturated heterocycles. The fourth-order valence-corrected chi connectivity index (χ4v) is 4.13. The molecule has 1 aliphatic heterocycles. The molecule has 0 bridgehead atoms. The van der Waals surface area contributed by atoms with Crippen molar-refractivity contribution in [3.63, 3.8) is 0 Å². The Bertz CT molecular complexity index is 732. The lowest BCUT2D eigenvalue weighted by Gasteiger charge is -2.32. The van der Waals surface area contributed by atoms with Gasteiger partial charge in [0, 0.05) is 23.7 Å². The van der Waals surface area contributed by atoms with Crippen molar-refractivity contribution in [2.45, 2.75) is 50.6 Å². The van der Waals surface area contributed by atoms with Crippen molar-refractivity contribution in [3.05, 3.63) is 34.9 Å². The molecule has 0 radical (unpaired) electrons. The second kappa shape index (κ2) is 7.27. The van der Waals surface area contributed by atoms with Crippen molar-refractivity contribution in [3.8, 4) is 0 Å². The lowest BCUT2D eigenvalue weighted by atomic mass is 9.92. The second-order valence-electron chi connectivity index (χ2n) is 7.22. The summed E-state index contributed by atoms with van der Waals surface area (Å²) < 4.78 is 0. The van der Waals surface area contributed by atoms with E-state index in [2.05, 4.69) is 5.32 Å². The number of hydrogen-bond donors (Lipinski definition) is 1. The van der Waals surface area contributed by atoms with E-state index in [1.807, 2.05) is 0 Å². The third-order valence-corrected chi connectivity index (χ3v) is 5.83. The average Bonchev–Trinajstić information content (AvgIpc) is 2.86. The summed E-state index contributed by atoms with van der Waals surface area (Å²) >= 11 is 6.22. The van der Waals surface area contributed by atoms with Gasteiger partial charge in [0.25, 0.3) is 5.91 Å². The Morgan fingerprint density at radius 1 is 1.27 bits per heavy atom. The summed E-state index contributed by atoms with van der Waals surface area (Å²) in [6.45, 7) is 1.36. The van der Waals surface area contributed by atoms with Gasteiger partial charge in [-0.25, -0.2) is 4.79 Å². The van der Waals surface area contributed by atoms with E-state index in [0.717, 1.165) is 30.6 Å². The zero-order valence-electron chi connectivity index (χ0n) is 15.1. The number of amides is 4. The Morgan fingerprint density at radius 2 is 1.92 bits per heavy atom. The molecule has 26 heavy (non-hydrogen) atoms. The molecule has 1 aromatic carbocycles. The molecule has 1 unspecified atom stereocenters. The fraction of sp³-hybridized carbons (Fsp3) is 0.526. The van der Waals surface area contributed by atoms with Crippen LogP contribution in [0.15, 0.2) is 24.3 Å². The first-order chi connectivity index (χ1) is 12.3. The van der Waals surface area contributed by atoms with Crippen molar-refractivity contribution in [1.29, 1.82) is 0 Å². The molecule has 1 atom stereocenters. The smallest absolute Gasteiger partial charge is 0.325 e. The molecule has 1 heterocycles. The topological polar surface area (TPSA) is 69.7 Å². The van der Waals surface area contributed by atoms with Gasteiger partial charge in [-0.3, -0.25) is 14.5 Å². The highest BCUT2D eigenvalue weighted by atomic mass is 35.5. The minimum absolute atomic E-state index is 0.187. The van der Waals surface area contributed by atoms with Crippen LogP contribution in [0.2, 0.25) is 5.02 Å². The summed E-state index contributed by atoms with van der Waals surface area (Å²) in [5.74, 6) is -0.676. The first kappa shape index (κ1) is 18.7. The van der Waals surface area contributed by atoms with Crippen LogP contribution in [-0.2, 0) is 15.1 Å². The molecular weight excluding hydrogens is 354 g/mol. The maximum atomic E-state index is 12.9. The standard InChI is InChI=1S/C19H24ClN3O3/c1-19(14-10-6-7-11-15(14)20)17(25)23(18(26)21-19)12-16(24)22(2)13-8-4-3-5-9-13/h6-7,10-11,13H,3-5,8-9,12H2,1-2H3,(H,21,26). The van der Waals surface area contributed by atoms with Crippen LogP contribution >= 0.6 is 11.6 Å². The van der Waals surface area contributed by atoms with Crippen LogP contribution in [-0.4, -0.2) is 47.3 Å². The van der Waals surface area contributed by atoms with Gasteiger partial charge < -0.3 is 10.2 Å². The average molecular weight is 378 g/mol. The number of urea groups is 1. The summed E-state index contributed by atoms with van der Waals surface area (Å²) in [4.78, 5) is 40.6. The quantitative estimate of drug-likeness (QED) is 0.820. The Labute approximate surface area is 158 Å². The van der Waals surface area contributed by atoms with Crippen LogP contribution in [0.3, 0.4) is 0 Å². The number of imide groups is 1. The number of hydrogen-bond acceptors (Lipinski definition) is 3. The molecule has 0 aromatic heterocycles. The van der Waals surface area contributed by atoms with Gasteiger partial charge >= 0.3 is 6.03 Å². The number of benzene rings is 1. The molecule has 1 aromatic rings.